The molecule has 0 fully saturated rings. The van der Waals surface area contributed by atoms with Gasteiger partial charge in [0.2, 0.25) is 0 Å². The van der Waals surface area contributed by atoms with E-state index in [0.717, 1.165) is 34.9 Å². The summed E-state index contributed by atoms with van der Waals surface area (Å²) >= 11 is 0. The maximum absolute atomic E-state index is 4.75. The lowest BCUT2D eigenvalue weighted by Gasteiger charge is -2.05. The van der Waals surface area contributed by atoms with Gasteiger partial charge in [0.1, 0.15) is 5.69 Å². The van der Waals surface area contributed by atoms with Crippen LogP contribution < -0.4 is 0 Å². The SMILES string of the molecule is Cc1cc(-c2cccc(Cc3cccc(-c4ccc[nH]4)c3)n2)n[nH]1. The average molecular weight is 314 g/mol. The minimum Gasteiger partial charge on any atom is -0.361 e. The number of aromatic nitrogens is 4. The predicted molar refractivity (Wildman–Crippen MR) is 95.6 cm³/mol. The molecular formula is C20H18N4. The molecule has 0 spiro atoms. The van der Waals surface area contributed by atoms with Crippen molar-refractivity contribution in [3.8, 4) is 22.6 Å². The molecule has 3 aromatic heterocycles. The van der Waals surface area contributed by atoms with Gasteiger partial charge in [-0.2, -0.15) is 5.10 Å². The summed E-state index contributed by atoms with van der Waals surface area (Å²) in [7, 11) is 0. The maximum atomic E-state index is 4.75. The van der Waals surface area contributed by atoms with Crippen molar-refractivity contribution in [1.29, 1.82) is 0 Å². The van der Waals surface area contributed by atoms with Crippen LogP contribution in [0.2, 0.25) is 0 Å². The smallest absolute Gasteiger partial charge is 0.111 e. The molecule has 0 saturated carbocycles. The first-order chi connectivity index (χ1) is 11.8. The van der Waals surface area contributed by atoms with Gasteiger partial charge in [-0.05, 0) is 54.4 Å². The number of nitrogens with one attached hydrogen (secondary N) is 2. The van der Waals surface area contributed by atoms with E-state index in [1.165, 1.54) is 11.1 Å². The van der Waals surface area contributed by atoms with E-state index in [9.17, 15) is 0 Å². The summed E-state index contributed by atoms with van der Waals surface area (Å²) in [6, 6.07) is 20.8. The Bertz CT molecular complexity index is 951. The molecule has 4 nitrogen and oxygen atoms in total. The zero-order chi connectivity index (χ0) is 16.4. The first kappa shape index (κ1) is 14.5. The summed E-state index contributed by atoms with van der Waals surface area (Å²) in [4.78, 5) is 8.00. The number of aromatic amines is 2. The van der Waals surface area contributed by atoms with Gasteiger partial charge >= 0.3 is 0 Å². The molecule has 4 aromatic rings. The van der Waals surface area contributed by atoms with Crippen LogP contribution in [0.15, 0.2) is 66.9 Å². The van der Waals surface area contributed by atoms with Gasteiger partial charge in [0.05, 0.1) is 5.69 Å². The van der Waals surface area contributed by atoms with Crippen molar-refractivity contribution in [2.45, 2.75) is 13.3 Å². The van der Waals surface area contributed by atoms with E-state index in [-0.39, 0.29) is 0 Å². The Labute approximate surface area is 140 Å². The molecule has 0 unspecified atom stereocenters. The van der Waals surface area contributed by atoms with Crippen molar-refractivity contribution >= 4 is 0 Å². The number of rotatable bonds is 4. The predicted octanol–water partition coefficient (Wildman–Crippen LogP) is 4.37. The number of nitrogens with zero attached hydrogens (tertiary/aromatic N) is 2. The van der Waals surface area contributed by atoms with Crippen molar-refractivity contribution in [1.82, 2.24) is 20.2 Å². The van der Waals surface area contributed by atoms with E-state index in [1.54, 1.807) is 0 Å². The summed E-state index contributed by atoms with van der Waals surface area (Å²) in [5.41, 5.74) is 7.42. The topological polar surface area (TPSA) is 57.4 Å². The molecule has 2 N–H and O–H groups in total. The summed E-state index contributed by atoms with van der Waals surface area (Å²) in [5, 5.41) is 7.26. The largest absolute Gasteiger partial charge is 0.361 e. The third-order valence-electron chi connectivity index (χ3n) is 4.00. The van der Waals surface area contributed by atoms with Gasteiger partial charge in [0.15, 0.2) is 0 Å². The van der Waals surface area contributed by atoms with Gasteiger partial charge in [0, 0.05) is 29.7 Å². The molecule has 0 radical (unpaired) electrons. The Morgan fingerprint density at radius 1 is 0.917 bits per heavy atom. The lowest BCUT2D eigenvalue weighted by Crippen LogP contribution is -1.94. The van der Waals surface area contributed by atoms with Crippen LogP contribution in [0.5, 0.6) is 0 Å². The van der Waals surface area contributed by atoms with Crippen LogP contribution in [0.1, 0.15) is 17.0 Å². The standard InChI is InChI=1S/C20H18N4/c1-14-11-20(24-23-14)19-8-3-7-17(22-19)13-15-5-2-6-16(12-15)18-9-4-10-21-18/h2-12,21H,13H2,1H3,(H,23,24). The number of hydrogen-bond acceptors (Lipinski definition) is 2. The van der Waals surface area contributed by atoms with Crippen LogP contribution in [-0.4, -0.2) is 20.2 Å². The second-order valence-electron chi connectivity index (χ2n) is 5.91. The molecule has 24 heavy (non-hydrogen) atoms. The van der Waals surface area contributed by atoms with E-state index < -0.39 is 0 Å². The number of H-pyrrole nitrogens is 2. The lowest BCUT2D eigenvalue weighted by molar-refractivity contribution is 1.03. The van der Waals surface area contributed by atoms with Gasteiger partial charge in [-0.1, -0.05) is 24.3 Å². The minimum atomic E-state index is 0.797. The van der Waals surface area contributed by atoms with E-state index >= 15 is 0 Å². The fourth-order valence-electron chi connectivity index (χ4n) is 2.84. The third-order valence-corrected chi connectivity index (χ3v) is 4.00. The highest BCUT2D eigenvalue weighted by Crippen LogP contribution is 2.21. The lowest BCUT2D eigenvalue weighted by atomic mass is 10.0. The van der Waals surface area contributed by atoms with Crippen molar-refractivity contribution < 1.29 is 0 Å². The summed E-state index contributed by atoms with van der Waals surface area (Å²) in [6.07, 6.45) is 2.74. The van der Waals surface area contributed by atoms with Crippen molar-refractivity contribution in [3.63, 3.8) is 0 Å². The minimum absolute atomic E-state index is 0.797. The van der Waals surface area contributed by atoms with E-state index in [1.807, 2.05) is 37.4 Å². The van der Waals surface area contributed by atoms with Crippen LogP contribution in [-0.2, 0) is 6.42 Å². The number of benzene rings is 1. The zero-order valence-electron chi connectivity index (χ0n) is 13.5. The summed E-state index contributed by atoms with van der Waals surface area (Å²) < 4.78 is 0. The van der Waals surface area contributed by atoms with E-state index in [0.29, 0.717) is 0 Å². The molecule has 4 heteroatoms. The molecule has 0 aliphatic rings. The Balaban J connectivity index is 1.61. The Kier molecular flexibility index (Phi) is 3.71. The Morgan fingerprint density at radius 2 is 1.83 bits per heavy atom. The van der Waals surface area contributed by atoms with Crippen molar-refractivity contribution in [2.75, 3.05) is 0 Å². The zero-order valence-corrected chi connectivity index (χ0v) is 13.5. The van der Waals surface area contributed by atoms with Crippen LogP contribution in [0, 0.1) is 6.92 Å². The fourth-order valence-corrected chi connectivity index (χ4v) is 2.84. The molecule has 0 aliphatic carbocycles. The van der Waals surface area contributed by atoms with Gasteiger partial charge in [-0.3, -0.25) is 10.1 Å². The maximum Gasteiger partial charge on any atom is 0.111 e. The highest BCUT2D eigenvalue weighted by atomic mass is 15.1. The molecule has 0 aliphatic heterocycles. The van der Waals surface area contributed by atoms with Crippen LogP contribution in [0.25, 0.3) is 22.6 Å². The third kappa shape index (κ3) is 2.99. The van der Waals surface area contributed by atoms with Crippen LogP contribution in [0.4, 0.5) is 0 Å². The van der Waals surface area contributed by atoms with Crippen LogP contribution >= 0.6 is 0 Å². The molecule has 0 bridgehead atoms. The number of pyridine rings is 1. The molecule has 0 saturated heterocycles. The first-order valence-corrected chi connectivity index (χ1v) is 7.99. The second kappa shape index (κ2) is 6.16. The molecule has 118 valence electrons. The van der Waals surface area contributed by atoms with Gasteiger partial charge in [-0.15, -0.1) is 0 Å². The fraction of sp³-hybridized carbons (Fsp3) is 0.100. The van der Waals surface area contributed by atoms with Gasteiger partial charge in [0.25, 0.3) is 0 Å². The summed E-state index contributed by atoms with van der Waals surface area (Å²) in [5.74, 6) is 0. The number of aryl methyl sites for hydroxylation is 1. The van der Waals surface area contributed by atoms with E-state index in [4.69, 9.17) is 4.98 Å². The molecule has 3 heterocycles. The highest BCUT2D eigenvalue weighted by Gasteiger charge is 2.06. The Hall–Kier alpha value is -3.14. The highest BCUT2D eigenvalue weighted by molar-refractivity contribution is 5.60. The average Bonchev–Trinajstić information content (AvgIpc) is 3.27. The molecule has 1 aromatic carbocycles. The molecule has 0 amide bonds. The Morgan fingerprint density at radius 3 is 2.62 bits per heavy atom. The van der Waals surface area contributed by atoms with Gasteiger partial charge < -0.3 is 4.98 Å². The first-order valence-electron chi connectivity index (χ1n) is 7.99. The molecule has 0 atom stereocenters. The van der Waals surface area contributed by atoms with E-state index in [2.05, 4.69) is 51.6 Å². The summed E-state index contributed by atoms with van der Waals surface area (Å²) in [6.45, 7) is 1.99. The normalized spacial score (nSPS) is 10.9. The molecule has 4 rings (SSSR count). The van der Waals surface area contributed by atoms with Crippen LogP contribution in [0.3, 0.4) is 0 Å². The van der Waals surface area contributed by atoms with Crippen molar-refractivity contribution in [2.24, 2.45) is 0 Å². The quantitative estimate of drug-likeness (QED) is 0.588. The van der Waals surface area contributed by atoms with Gasteiger partial charge in [-0.25, -0.2) is 0 Å². The van der Waals surface area contributed by atoms with Crippen molar-refractivity contribution in [3.05, 3.63) is 83.8 Å². The molecular weight excluding hydrogens is 296 g/mol. The second-order valence-corrected chi connectivity index (χ2v) is 5.91. The monoisotopic (exact) mass is 314 g/mol. The number of hydrogen-bond donors (Lipinski definition) is 2.